The number of hydrazine groups is 1. The van der Waals surface area contributed by atoms with Gasteiger partial charge in [-0.1, -0.05) is 44.5 Å². The zero-order chi connectivity index (χ0) is 14.3. The van der Waals surface area contributed by atoms with E-state index in [9.17, 15) is 0 Å². The zero-order valence-electron chi connectivity index (χ0n) is 12.7. The minimum Gasteiger partial charge on any atom is -0.374 e. The van der Waals surface area contributed by atoms with Gasteiger partial charge in [0.25, 0.3) is 0 Å². The van der Waals surface area contributed by atoms with Crippen molar-refractivity contribution in [2.24, 2.45) is 5.84 Å². The molecule has 0 spiro atoms. The third kappa shape index (κ3) is 4.03. The molecule has 3 heteroatoms. The molecule has 1 rings (SSSR count). The van der Waals surface area contributed by atoms with Gasteiger partial charge in [-0.15, -0.1) is 0 Å². The molecule has 0 saturated heterocycles. The van der Waals surface area contributed by atoms with Crippen LogP contribution in [0.15, 0.2) is 24.3 Å². The molecule has 0 aliphatic rings. The van der Waals surface area contributed by atoms with E-state index in [0.717, 1.165) is 12.8 Å². The summed E-state index contributed by atoms with van der Waals surface area (Å²) in [6.07, 6.45) is 3.20. The Kier molecular flexibility index (Phi) is 6.49. The SMILES string of the molecule is CCCc1ccc(C(NN)C(C)(CC)OCC)cc1. The van der Waals surface area contributed by atoms with Gasteiger partial charge in [-0.25, -0.2) is 0 Å². The molecule has 0 aromatic heterocycles. The molecule has 19 heavy (non-hydrogen) atoms. The Morgan fingerprint density at radius 2 is 1.84 bits per heavy atom. The maximum atomic E-state index is 5.92. The zero-order valence-corrected chi connectivity index (χ0v) is 12.7. The molecule has 2 unspecified atom stereocenters. The molecular weight excluding hydrogens is 236 g/mol. The number of hydrogen-bond acceptors (Lipinski definition) is 3. The van der Waals surface area contributed by atoms with E-state index < -0.39 is 0 Å². The fourth-order valence-corrected chi connectivity index (χ4v) is 2.51. The van der Waals surface area contributed by atoms with Crippen molar-refractivity contribution < 1.29 is 4.74 Å². The van der Waals surface area contributed by atoms with Crippen LogP contribution in [0.2, 0.25) is 0 Å². The second-order valence-electron chi connectivity index (χ2n) is 5.19. The minimum atomic E-state index is -0.282. The molecule has 3 nitrogen and oxygen atoms in total. The van der Waals surface area contributed by atoms with Crippen LogP contribution in [0.25, 0.3) is 0 Å². The second-order valence-corrected chi connectivity index (χ2v) is 5.19. The summed E-state index contributed by atoms with van der Waals surface area (Å²) in [4.78, 5) is 0. The van der Waals surface area contributed by atoms with Gasteiger partial charge in [-0.05, 0) is 37.8 Å². The lowest BCUT2D eigenvalue weighted by atomic mass is 9.87. The van der Waals surface area contributed by atoms with Crippen molar-refractivity contribution in [3.63, 3.8) is 0 Å². The summed E-state index contributed by atoms with van der Waals surface area (Å²) in [7, 11) is 0. The normalized spacial score (nSPS) is 16.1. The van der Waals surface area contributed by atoms with Gasteiger partial charge in [0.15, 0.2) is 0 Å². The molecule has 0 fully saturated rings. The molecular formula is C16H28N2O. The number of rotatable bonds is 8. The lowest BCUT2D eigenvalue weighted by Crippen LogP contribution is -2.46. The Hall–Kier alpha value is -0.900. The van der Waals surface area contributed by atoms with Crippen molar-refractivity contribution >= 4 is 0 Å². The highest BCUT2D eigenvalue weighted by Crippen LogP contribution is 2.31. The number of ether oxygens (including phenoxy) is 1. The maximum absolute atomic E-state index is 5.92. The highest BCUT2D eigenvalue weighted by molar-refractivity contribution is 5.27. The first-order valence-corrected chi connectivity index (χ1v) is 7.30. The van der Waals surface area contributed by atoms with Crippen molar-refractivity contribution in [3.05, 3.63) is 35.4 Å². The van der Waals surface area contributed by atoms with Gasteiger partial charge in [0.2, 0.25) is 0 Å². The molecule has 0 saturated carbocycles. The monoisotopic (exact) mass is 264 g/mol. The van der Waals surface area contributed by atoms with E-state index >= 15 is 0 Å². The van der Waals surface area contributed by atoms with Crippen LogP contribution < -0.4 is 11.3 Å². The molecule has 1 aromatic carbocycles. The van der Waals surface area contributed by atoms with E-state index in [2.05, 4.69) is 50.5 Å². The number of nitrogens with one attached hydrogen (secondary N) is 1. The summed E-state index contributed by atoms with van der Waals surface area (Å²) < 4.78 is 5.92. The number of nitrogens with two attached hydrogens (primary N) is 1. The van der Waals surface area contributed by atoms with Gasteiger partial charge in [0.05, 0.1) is 11.6 Å². The van der Waals surface area contributed by atoms with Crippen LogP contribution in [0, 0.1) is 0 Å². The van der Waals surface area contributed by atoms with Crippen LogP contribution in [-0.2, 0) is 11.2 Å². The smallest absolute Gasteiger partial charge is 0.0858 e. The minimum absolute atomic E-state index is 0.00752. The molecule has 0 aliphatic carbocycles. The summed E-state index contributed by atoms with van der Waals surface area (Å²) in [5, 5.41) is 0. The van der Waals surface area contributed by atoms with Crippen molar-refractivity contribution in [2.45, 2.75) is 58.6 Å². The van der Waals surface area contributed by atoms with Crippen molar-refractivity contribution in [2.75, 3.05) is 6.61 Å². The van der Waals surface area contributed by atoms with Crippen LogP contribution in [0.4, 0.5) is 0 Å². The Balaban J connectivity index is 2.95. The predicted molar refractivity (Wildman–Crippen MR) is 80.8 cm³/mol. The summed E-state index contributed by atoms with van der Waals surface area (Å²) >= 11 is 0. The number of aryl methyl sites for hydroxylation is 1. The Bertz CT molecular complexity index is 364. The average molecular weight is 264 g/mol. The molecule has 3 N–H and O–H groups in total. The molecule has 0 aliphatic heterocycles. The predicted octanol–water partition coefficient (Wildman–Crippen LogP) is 3.35. The highest BCUT2D eigenvalue weighted by atomic mass is 16.5. The quantitative estimate of drug-likeness (QED) is 0.559. The van der Waals surface area contributed by atoms with E-state index in [-0.39, 0.29) is 11.6 Å². The van der Waals surface area contributed by atoms with Gasteiger partial charge in [-0.3, -0.25) is 11.3 Å². The van der Waals surface area contributed by atoms with Crippen molar-refractivity contribution in [1.29, 1.82) is 0 Å². The Morgan fingerprint density at radius 3 is 2.26 bits per heavy atom. The topological polar surface area (TPSA) is 47.3 Å². The summed E-state index contributed by atoms with van der Waals surface area (Å²) in [5.74, 6) is 5.76. The number of hydrogen-bond donors (Lipinski definition) is 2. The van der Waals surface area contributed by atoms with Crippen LogP contribution in [0.1, 0.15) is 57.7 Å². The molecule has 108 valence electrons. The average Bonchev–Trinajstić information content (AvgIpc) is 2.42. The van der Waals surface area contributed by atoms with Crippen LogP contribution in [0.3, 0.4) is 0 Å². The van der Waals surface area contributed by atoms with Gasteiger partial charge < -0.3 is 4.74 Å². The third-order valence-corrected chi connectivity index (χ3v) is 3.81. The van der Waals surface area contributed by atoms with Crippen LogP contribution >= 0.6 is 0 Å². The van der Waals surface area contributed by atoms with Gasteiger partial charge in [0.1, 0.15) is 0 Å². The van der Waals surface area contributed by atoms with Crippen LogP contribution in [-0.4, -0.2) is 12.2 Å². The maximum Gasteiger partial charge on any atom is 0.0858 e. The molecule has 0 radical (unpaired) electrons. The second kappa shape index (κ2) is 7.63. The van der Waals surface area contributed by atoms with E-state index in [1.54, 1.807) is 0 Å². The first-order valence-electron chi connectivity index (χ1n) is 7.30. The Labute approximate surface area is 117 Å². The lowest BCUT2D eigenvalue weighted by Gasteiger charge is -2.36. The van der Waals surface area contributed by atoms with E-state index in [4.69, 9.17) is 10.6 Å². The molecule has 0 heterocycles. The summed E-state index contributed by atoms with van der Waals surface area (Å²) in [6.45, 7) is 9.15. The first-order chi connectivity index (χ1) is 9.11. The van der Waals surface area contributed by atoms with Crippen LogP contribution in [0.5, 0.6) is 0 Å². The first kappa shape index (κ1) is 16.2. The largest absolute Gasteiger partial charge is 0.374 e. The third-order valence-electron chi connectivity index (χ3n) is 3.81. The molecule has 1 aromatic rings. The standard InChI is InChI=1S/C16H28N2O/c1-5-8-13-9-11-14(12-10-13)15(18-17)16(4,6-2)19-7-3/h9-12,15,18H,5-8,17H2,1-4H3. The lowest BCUT2D eigenvalue weighted by molar-refractivity contribution is -0.0564. The van der Waals surface area contributed by atoms with Gasteiger partial charge in [-0.2, -0.15) is 0 Å². The highest BCUT2D eigenvalue weighted by Gasteiger charge is 2.33. The van der Waals surface area contributed by atoms with Crippen molar-refractivity contribution in [1.82, 2.24) is 5.43 Å². The Morgan fingerprint density at radius 1 is 1.21 bits per heavy atom. The fraction of sp³-hybridized carbons (Fsp3) is 0.625. The molecule has 2 atom stereocenters. The van der Waals surface area contributed by atoms with Gasteiger partial charge in [0, 0.05) is 6.61 Å². The molecule has 0 bridgehead atoms. The number of benzene rings is 1. The van der Waals surface area contributed by atoms with Crippen molar-refractivity contribution in [3.8, 4) is 0 Å². The van der Waals surface area contributed by atoms with E-state index in [0.29, 0.717) is 6.61 Å². The fourth-order valence-electron chi connectivity index (χ4n) is 2.51. The van der Waals surface area contributed by atoms with Gasteiger partial charge >= 0.3 is 0 Å². The van der Waals surface area contributed by atoms with E-state index in [1.807, 2.05) is 6.92 Å². The molecule has 0 amide bonds. The summed E-state index contributed by atoms with van der Waals surface area (Å²) in [5.41, 5.74) is 5.19. The summed E-state index contributed by atoms with van der Waals surface area (Å²) in [6, 6.07) is 8.69. The van der Waals surface area contributed by atoms with E-state index in [1.165, 1.54) is 17.5 Å².